The highest BCUT2D eigenvalue weighted by Gasteiger charge is 2.29. The Hall–Kier alpha value is -2.82. The number of fused-ring (bicyclic) bond motifs is 1. The second kappa shape index (κ2) is 6.35. The Morgan fingerprint density at radius 1 is 0.875 bits per heavy atom. The van der Waals surface area contributed by atoms with E-state index in [4.69, 9.17) is 4.74 Å². The fraction of sp³-hybridized carbons (Fsp3) is 0.105. The Morgan fingerprint density at radius 2 is 1.54 bits per heavy atom. The van der Waals surface area contributed by atoms with Crippen molar-refractivity contribution in [3.05, 3.63) is 71.8 Å². The van der Waals surface area contributed by atoms with Gasteiger partial charge < -0.3 is 4.74 Å². The van der Waals surface area contributed by atoms with Crippen LogP contribution in [0.25, 0.3) is 10.8 Å². The first kappa shape index (κ1) is 16.1. The van der Waals surface area contributed by atoms with Crippen LogP contribution < -0.4 is 4.74 Å². The first-order valence-corrected chi connectivity index (χ1v) is 7.26. The SMILES string of the molecule is COc1ccc(N=Cc2ccc(C(F)(F)F)cc2)c2ccccc12. The summed E-state index contributed by atoms with van der Waals surface area (Å²) in [6.07, 6.45) is -2.78. The summed E-state index contributed by atoms with van der Waals surface area (Å²) in [4.78, 5) is 4.41. The lowest BCUT2D eigenvalue weighted by Crippen LogP contribution is -2.04. The van der Waals surface area contributed by atoms with Gasteiger partial charge in [0, 0.05) is 17.0 Å². The van der Waals surface area contributed by atoms with Crippen LogP contribution in [0.15, 0.2) is 65.7 Å². The van der Waals surface area contributed by atoms with E-state index in [0.717, 1.165) is 34.3 Å². The quantitative estimate of drug-likeness (QED) is 0.572. The van der Waals surface area contributed by atoms with E-state index in [1.807, 2.05) is 36.4 Å². The van der Waals surface area contributed by atoms with E-state index in [2.05, 4.69) is 4.99 Å². The number of halogens is 3. The number of aliphatic imine (C=N–C) groups is 1. The van der Waals surface area contributed by atoms with Crippen LogP contribution in [0.2, 0.25) is 0 Å². The third kappa shape index (κ3) is 3.25. The van der Waals surface area contributed by atoms with Crippen molar-refractivity contribution in [1.29, 1.82) is 0 Å². The minimum atomic E-state index is -4.33. The van der Waals surface area contributed by atoms with Gasteiger partial charge in [-0.3, -0.25) is 4.99 Å². The third-order valence-corrected chi connectivity index (χ3v) is 3.67. The average Bonchev–Trinajstić information content (AvgIpc) is 2.59. The highest BCUT2D eigenvalue weighted by Crippen LogP contribution is 2.33. The zero-order valence-electron chi connectivity index (χ0n) is 12.8. The van der Waals surface area contributed by atoms with Gasteiger partial charge in [0.2, 0.25) is 0 Å². The van der Waals surface area contributed by atoms with Gasteiger partial charge in [0.1, 0.15) is 5.75 Å². The van der Waals surface area contributed by atoms with Crippen LogP contribution >= 0.6 is 0 Å². The van der Waals surface area contributed by atoms with Crippen molar-refractivity contribution in [1.82, 2.24) is 0 Å². The number of benzene rings is 3. The maximum atomic E-state index is 12.6. The second-order valence-electron chi connectivity index (χ2n) is 5.21. The molecule has 0 aliphatic rings. The van der Waals surface area contributed by atoms with E-state index in [0.29, 0.717) is 5.56 Å². The normalized spacial score (nSPS) is 12.0. The van der Waals surface area contributed by atoms with E-state index < -0.39 is 11.7 Å². The Labute approximate surface area is 137 Å². The van der Waals surface area contributed by atoms with Crippen molar-refractivity contribution in [3.63, 3.8) is 0 Å². The van der Waals surface area contributed by atoms with E-state index in [1.54, 1.807) is 13.3 Å². The van der Waals surface area contributed by atoms with Crippen LogP contribution in [0.4, 0.5) is 18.9 Å². The van der Waals surface area contributed by atoms with Gasteiger partial charge >= 0.3 is 6.18 Å². The molecule has 0 aromatic heterocycles. The van der Waals surface area contributed by atoms with Crippen LogP contribution in [0.3, 0.4) is 0 Å². The summed E-state index contributed by atoms with van der Waals surface area (Å²) in [5.41, 5.74) is 0.656. The van der Waals surface area contributed by atoms with E-state index in [1.165, 1.54) is 12.1 Å². The molecule has 0 aliphatic heterocycles. The van der Waals surface area contributed by atoms with Crippen molar-refractivity contribution >= 4 is 22.7 Å². The number of hydrogen-bond donors (Lipinski definition) is 0. The van der Waals surface area contributed by atoms with Crippen LogP contribution in [0.5, 0.6) is 5.75 Å². The molecule has 0 N–H and O–H groups in total. The van der Waals surface area contributed by atoms with Gasteiger partial charge in [-0.15, -0.1) is 0 Å². The first-order chi connectivity index (χ1) is 11.5. The third-order valence-electron chi connectivity index (χ3n) is 3.67. The summed E-state index contributed by atoms with van der Waals surface area (Å²) >= 11 is 0. The van der Waals surface area contributed by atoms with Crippen molar-refractivity contribution < 1.29 is 17.9 Å². The Morgan fingerprint density at radius 3 is 2.17 bits per heavy atom. The molecule has 0 bridgehead atoms. The zero-order chi connectivity index (χ0) is 17.2. The Bertz CT molecular complexity index is 883. The largest absolute Gasteiger partial charge is 0.496 e. The van der Waals surface area contributed by atoms with Crippen molar-refractivity contribution in [2.45, 2.75) is 6.18 Å². The molecule has 3 rings (SSSR count). The molecule has 0 heterocycles. The number of hydrogen-bond acceptors (Lipinski definition) is 2. The molecule has 0 radical (unpaired) electrons. The van der Waals surface area contributed by atoms with Gasteiger partial charge in [-0.1, -0.05) is 36.4 Å². The van der Waals surface area contributed by atoms with Gasteiger partial charge in [-0.25, -0.2) is 0 Å². The maximum Gasteiger partial charge on any atom is 0.416 e. The monoisotopic (exact) mass is 329 g/mol. The predicted octanol–water partition coefficient (Wildman–Crippen LogP) is 5.62. The summed E-state index contributed by atoms with van der Waals surface area (Å²) in [5.74, 6) is 0.749. The molecule has 2 nitrogen and oxygen atoms in total. The molecular formula is C19H14F3NO. The molecule has 24 heavy (non-hydrogen) atoms. The summed E-state index contributed by atoms with van der Waals surface area (Å²) in [6, 6.07) is 16.2. The number of alkyl halides is 3. The lowest BCUT2D eigenvalue weighted by atomic mass is 10.1. The Balaban J connectivity index is 1.94. The van der Waals surface area contributed by atoms with Crippen molar-refractivity contribution in [3.8, 4) is 5.75 Å². The average molecular weight is 329 g/mol. The summed E-state index contributed by atoms with van der Waals surface area (Å²) in [6.45, 7) is 0. The lowest BCUT2D eigenvalue weighted by molar-refractivity contribution is -0.137. The van der Waals surface area contributed by atoms with Crippen LogP contribution in [0, 0.1) is 0 Å². The lowest BCUT2D eigenvalue weighted by Gasteiger charge is -2.08. The van der Waals surface area contributed by atoms with Gasteiger partial charge in [0.05, 0.1) is 18.4 Å². The molecule has 0 spiro atoms. The smallest absolute Gasteiger partial charge is 0.416 e. The molecule has 0 aliphatic carbocycles. The fourth-order valence-corrected chi connectivity index (χ4v) is 2.45. The number of rotatable bonds is 3. The summed E-state index contributed by atoms with van der Waals surface area (Å²) < 4.78 is 43.0. The predicted molar refractivity (Wildman–Crippen MR) is 89.2 cm³/mol. The number of nitrogens with zero attached hydrogens (tertiary/aromatic N) is 1. The molecule has 0 saturated heterocycles. The summed E-state index contributed by atoms with van der Waals surface area (Å²) in [5, 5.41) is 1.85. The Kier molecular flexibility index (Phi) is 4.25. The highest BCUT2D eigenvalue weighted by molar-refractivity contribution is 5.98. The second-order valence-corrected chi connectivity index (χ2v) is 5.21. The first-order valence-electron chi connectivity index (χ1n) is 7.26. The zero-order valence-corrected chi connectivity index (χ0v) is 12.8. The summed E-state index contributed by atoms with van der Waals surface area (Å²) in [7, 11) is 1.60. The van der Waals surface area contributed by atoms with Crippen LogP contribution in [-0.4, -0.2) is 13.3 Å². The topological polar surface area (TPSA) is 21.6 Å². The molecule has 3 aromatic rings. The minimum absolute atomic E-state index is 0.600. The van der Waals surface area contributed by atoms with Crippen molar-refractivity contribution in [2.24, 2.45) is 4.99 Å². The maximum absolute atomic E-state index is 12.6. The fourth-order valence-electron chi connectivity index (χ4n) is 2.45. The van der Waals surface area contributed by atoms with Crippen molar-refractivity contribution in [2.75, 3.05) is 7.11 Å². The minimum Gasteiger partial charge on any atom is -0.496 e. The van der Waals surface area contributed by atoms with E-state index in [-0.39, 0.29) is 0 Å². The molecule has 5 heteroatoms. The molecule has 122 valence electrons. The molecule has 3 aromatic carbocycles. The molecule has 0 saturated carbocycles. The van der Waals surface area contributed by atoms with E-state index in [9.17, 15) is 13.2 Å². The van der Waals surface area contributed by atoms with Gasteiger partial charge in [-0.2, -0.15) is 13.2 Å². The molecule has 0 unspecified atom stereocenters. The van der Waals surface area contributed by atoms with Crippen LogP contribution in [0.1, 0.15) is 11.1 Å². The number of methoxy groups -OCH3 is 1. The molecule has 0 atom stereocenters. The van der Waals surface area contributed by atoms with Crippen LogP contribution in [-0.2, 0) is 6.18 Å². The highest BCUT2D eigenvalue weighted by atomic mass is 19.4. The molecular weight excluding hydrogens is 315 g/mol. The van der Waals surface area contributed by atoms with Gasteiger partial charge in [0.15, 0.2) is 0 Å². The van der Waals surface area contributed by atoms with Gasteiger partial charge in [-0.05, 0) is 29.8 Å². The number of ether oxygens (including phenoxy) is 1. The van der Waals surface area contributed by atoms with Gasteiger partial charge in [0.25, 0.3) is 0 Å². The molecule has 0 fully saturated rings. The standard InChI is InChI=1S/C19H14F3NO/c1-24-18-11-10-17(15-4-2-3-5-16(15)18)23-12-13-6-8-14(9-7-13)19(20,21)22/h2-12H,1H3. The molecule has 0 amide bonds. The van der Waals surface area contributed by atoms with E-state index >= 15 is 0 Å².